The SMILES string of the molecule is CC1OC1c1ccccc1C(F)(F)F. The average Bonchev–Trinajstić information content (AvgIpc) is 2.81. The van der Waals surface area contributed by atoms with Crippen molar-refractivity contribution in [3.63, 3.8) is 0 Å². The van der Waals surface area contributed by atoms with Crippen molar-refractivity contribution >= 4 is 0 Å². The molecule has 4 heteroatoms. The van der Waals surface area contributed by atoms with Crippen molar-refractivity contribution in [3.05, 3.63) is 35.4 Å². The third-order valence-corrected chi connectivity index (χ3v) is 2.28. The van der Waals surface area contributed by atoms with Crippen LogP contribution < -0.4 is 0 Å². The van der Waals surface area contributed by atoms with Crippen molar-refractivity contribution < 1.29 is 17.9 Å². The van der Waals surface area contributed by atoms with Crippen LogP contribution in [-0.4, -0.2) is 6.10 Å². The molecule has 0 aromatic heterocycles. The zero-order valence-electron chi connectivity index (χ0n) is 7.51. The van der Waals surface area contributed by atoms with E-state index in [1.54, 1.807) is 13.0 Å². The Labute approximate surface area is 79.5 Å². The van der Waals surface area contributed by atoms with Crippen LogP contribution in [0, 0.1) is 0 Å². The number of alkyl halides is 3. The first kappa shape index (κ1) is 9.52. The standard InChI is InChI=1S/C10H9F3O/c1-6-9(14-6)7-4-2-3-5-8(7)10(11,12)13/h2-6,9H,1H3. The molecule has 1 fully saturated rings. The molecule has 0 N–H and O–H groups in total. The highest BCUT2D eigenvalue weighted by atomic mass is 19.4. The summed E-state index contributed by atoms with van der Waals surface area (Å²) in [4.78, 5) is 0. The first-order valence-corrected chi connectivity index (χ1v) is 4.32. The van der Waals surface area contributed by atoms with E-state index in [0.29, 0.717) is 0 Å². The van der Waals surface area contributed by atoms with Crippen LogP contribution in [0.3, 0.4) is 0 Å². The highest BCUT2D eigenvalue weighted by molar-refractivity contribution is 5.34. The van der Waals surface area contributed by atoms with E-state index < -0.39 is 11.7 Å². The normalized spacial score (nSPS) is 26.3. The van der Waals surface area contributed by atoms with Gasteiger partial charge in [-0.25, -0.2) is 0 Å². The Morgan fingerprint density at radius 2 is 1.79 bits per heavy atom. The Bertz CT molecular complexity index is 345. The predicted octanol–water partition coefficient (Wildman–Crippen LogP) is 3.17. The zero-order chi connectivity index (χ0) is 10.3. The molecule has 1 aromatic rings. The van der Waals surface area contributed by atoms with Crippen molar-refractivity contribution in [1.82, 2.24) is 0 Å². The molecule has 0 bridgehead atoms. The molecule has 0 radical (unpaired) electrons. The Morgan fingerprint density at radius 3 is 2.29 bits per heavy atom. The van der Waals surface area contributed by atoms with Crippen molar-refractivity contribution in [2.45, 2.75) is 25.3 Å². The predicted molar refractivity (Wildman–Crippen MR) is 44.7 cm³/mol. The number of hydrogen-bond donors (Lipinski definition) is 0. The maximum atomic E-state index is 12.5. The molecule has 14 heavy (non-hydrogen) atoms. The summed E-state index contributed by atoms with van der Waals surface area (Å²) in [6, 6.07) is 5.54. The third kappa shape index (κ3) is 1.62. The van der Waals surface area contributed by atoms with Crippen LogP contribution in [0.2, 0.25) is 0 Å². The smallest absolute Gasteiger partial charge is 0.365 e. The summed E-state index contributed by atoms with van der Waals surface area (Å²) in [6.07, 6.45) is -4.77. The minimum atomic E-state index is -4.29. The number of hydrogen-bond acceptors (Lipinski definition) is 1. The fourth-order valence-electron chi connectivity index (χ4n) is 1.52. The number of ether oxygens (including phenoxy) is 1. The second-order valence-electron chi connectivity index (χ2n) is 3.35. The summed E-state index contributed by atoms with van der Waals surface area (Å²) >= 11 is 0. The Balaban J connectivity index is 2.39. The van der Waals surface area contributed by atoms with Gasteiger partial charge in [-0.15, -0.1) is 0 Å². The summed E-state index contributed by atoms with van der Waals surface area (Å²) < 4.78 is 42.6. The van der Waals surface area contributed by atoms with Gasteiger partial charge in [0, 0.05) is 0 Å². The van der Waals surface area contributed by atoms with Crippen LogP contribution in [0.1, 0.15) is 24.2 Å². The second kappa shape index (κ2) is 2.98. The monoisotopic (exact) mass is 202 g/mol. The van der Waals surface area contributed by atoms with Gasteiger partial charge in [0.05, 0.1) is 11.7 Å². The van der Waals surface area contributed by atoms with Crippen molar-refractivity contribution in [3.8, 4) is 0 Å². The molecule has 0 spiro atoms. The Hall–Kier alpha value is -1.03. The van der Waals surface area contributed by atoms with Gasteiger partial charge >= 0.3 is 6.18 Å². The van der Waals surface area contributed by atoms with Crippen molar-refractivity contribution in [1.29, 1.82) is 0 Å². The third-order valence-electron chi connectivity index (χ3n) is 2.28. The number of epoxide rings is 1. The lowest BCUT2D eigenvalue weighted by Gasteiger charge is -2.10. The Morgan fingerprint density at radius 1 is 1.21 bits per heavy atom. The topological polar surface area (TPSA) is 12.5 Å². The van der Waals surface area contributed by atoms with Gasteiger partial charge in [0.2, 0.25) is 0 Å². The molecule has 2 rings (SSSR count). The minimum absolute atomic E-state index is 0.0986. The van der Waals surface area contributed by atoms with Crippen LogP contribution in [-0.2, 0) is 10.9 Å². The van der Waals surface area contributed by atoms with E-state index in [9.17, 15) is 13.2 Å². The summed E-state index contributed by atoms with van der Waals surface area (Å²) in [7, 11) is 0. The van der Waals surface area contributed by atoms with E-state index >= 15 is 0 Å². The molecular weight excluding hydrogens is 193 g/mol. The molecule has 2 atom stereocenters. The lowest BCUT2D eigenvalue weighted by atomic mass is 10.0. The molecular formula is C10H9F3O. The molecule has 1 saturated heterocycles. The van der Waals surface area contributed by atoms with Crippen LogP contribution in [0.15, 0.2) is 24.3 Å². The van der Waals surface area contributed by atoms with E-state index in [1.165, 1.54) is 12.1 Å². The van der Waals surface area contributed by atoms with Gasteiger partial charge in [0.15, 0.2) is 0 Å². The average molecular weight is 202 g/mol. The number of rotatable bonds is 1. The van der Waals surface area contributed by atoms with Crippen molar-refractivity contribution in [2.75, 3.05) is 0 Å². The Kier molecular flexibility index (Phi) is 2.03. The molecule has 2 unspecified atom stereocenters. The van der Waals surface area contributed by atoms with Crippen LogP contribution >= 0.6 is 0 Å². The lowest BCUT2D eigenvalue weighted by Crippen LogP contribution is -2.08. The van der Waals surface area contributed by atoms with Crippen LogP contribution in [0.25, 0.3) is 0 Å². The number of benzene rings is 1. The maximum absolute atomic E-state index is 12.5. The lowest BCUT2D eigenvalue weighted by molar-refractivity contribution is -0.138. The highest BCUT2D eigenvalue weighted by Gasteiger charge is 2.42. The van der Waals surface area contributed by atoms with E-state index in [4.69, 9.17) is 4.74 Å². The van der Waals surface area contributed by atoms with E-state index in [-0.39, 0.29) is 17.8 Å². The van der Waals surface area contributed by atoms with Crippen LogP contribution in [0.4, 0.5) is 13.2 Å². The van der Waals surface area contributed by atoms with Gasteiger partial charge in [0.1, 0.15) is 6.10 Å². The van der Waals surface area contributed by atoms with Gasteiger partial charge in [-0.2, -0.15) is 13.2 Å². The molecule has 1 aliphatic heterocycles. The first-order valence-electron chi connectivity index (χ1n) is 4.32. The molecule has 0 saturated carbocycles. The van der Waals surface area contributed by atoms with E-state index in [2.05, 4.69) is 0 Å². The molecule has 1 heterocycles. The second-order valence-corrected chi connectivity index (χ2v) is 3.35. The largest absolute Gasteiger partial charge is 0.416 e. The minimum Gasteiger partial charge on any atom is -0.365 e. The van der Waals surface area contributed by atoms with Gasteiger partial charge in [-0.05, 0) is 18.6 Å². The maximum Gasteiger partial charge on any atom is 0.416 e. The van der Waals surface area contributed by atoms with Gasteiger partial charge < -0.3 is 4.74 Å². The summed E-state index contributed by atoms with van der Waals surface area (Å²) in [5.41, 5.74) is -0.346. The van der Waals surface area contributed by atoms with E-state index in [0.717, 1.165) is 6.07 Å². The summed E-state index contributed by atoms with van der Waals surface area (Å²) in [6.45, 7) is 1.76. The molecule has 0 aliphatic carbocycles. The fraction of sp³-hybridized carbons (Fsp3) is 0.400. The highest BCUT2D eigenvalue weighted by Crippen LogP contribution is 2.44. The first-order chi connectivity index (χ1) is 6.50. The van der Waals surface area contributed by atoms with Gasteiger partial charge in [-0.3, -0.25) is 0 Å². The van der Waals surface area contributed by atoms with Crippen LogP contribution in [0.5, 0.6) is 0 Å². The molecule has 1 aromatic carbocycles. The molecule has 1 aliphatic rings. The number of halogens is 3. The molecule has 76 valence electrons. The molecule has 0 amide bonds. The summed E-state index contributed by atoms with van der Waals surface area (Å²) in [5, 5.41) is 0. The quantitative estimate of drug-likeness (QED) is 0.637. The van der Waals surface area contributed by atoms with E-state index in [1.807, 2.05) is 0 Å². The fourth-order valence-corrected chi connectivity index (χ4v) is 1.52. The molecule has 1 nitrogen and oxygen atoms in total. The van der Waals surface area contributed by atoms with Gasteiger partial charge in [-0.1, -0.05) is 18.2 Å². The zero-order valence-corrected chi connectivity index (χ0v) is 7.51. The van der Waals surface area contributed by atoms with Gasteiger partial charge in [0.25, 0.3) is 0 Å². The summed E-state index contributed by atoms with van der Waals surface area (Å²) in [5.74, 6) is 0. The van der Waals surface area contributed by atoms with Crippen molar-refractivity contribution in [2.24, 2.45) is 0 Å².